The maximum absolute atomic E-state index is 12.8. The molecular weight excluding hydrogens is 223 g/mol. The van der Waals surface area contributed by atoms with E-state index in [2.05, 4.69) is 9.97 Å². The quantitative estimate of drug-likeness (QED) is 0.763. The minimum atomic E-state index is -0.629. The molecule has 0 spiro atoms. The van der Waals surface area contributed by atoms with Crippen LogP contribution in [0.3, 0.4) is 0 Å². The zero-order chi connectivity index (χ0) is 12.1. The Kier molecular flexibility index (Phi) is 3.49. The lowest BCUT2D eigenvalue weighted by Crippen LogP contribution is -1.93. The average molecular weight is 234 g/mol. The molecular formula is C12H11FN2O2. The molecule has 0 amide bonds. The van der Waals surface area contributed by atoms with E-state index < -0.39 is 5.95 Å². The fourth-order valence-corrected chi connectivity index (χ4v) is 1.29. The lowest BCUT2D eigenvalue weighted by molar-refractivity contribution is 0.338. The second-order valence-corrected chi connectivity index (χ2v) is 3.19. The van der Waals surface area contributed by atoms with Crippen LogP contribution in [0, 0.1) is 5.95 Å². The monoisotopic (exact) mass is 234 g/mol. The van der Waals surface area contributed by atoms with E-state index in [0.29, 0.717) is 18.1 Å². The van der Waals surface area contributed by atoms with E-state index in [4.69, 9.17) is 9.47 Å². The topological polar surface area (TPSA) is 44.2 Å². The average Bonchev–Trinajstić information content (AvgIpc) is 2.30. The van der Waals surface area contributed by atoms with Gasteiger partial charge >= 0.3 is 0 Å². The summed E-state index contributed by atoms with van der Waals surface area (Å²) in [5.41, 5.74) is 0. The number of hydrogen-bond acceptors (Lipinski definition) is 4. The van der Waals surface area contributed by atoms with Gasteiger partial charge in [-0.25, -0.2) is 9.97 Å². The zero-order valence-corrected chi connectivity index (χ0v) is 9.26. The van der Waals surface area contributed by atoms with Gasteiger partial charge in [0.25, 0.3) is 0 Å². The first-order valence-corrected chi connectivity index (χ1v) is 5.16. The summed E-state index contributed by atoms with van der Waals surface area (Å²) in [6.07, 6.45) is 1.11. The first kappa shape index (κ1) is 11.3. The molecule has 0 saturated carbocycles. The van der Waals surface area contributed by atoms with Gasteiger partial charge in [0.15, 0.2) is 0 Å². The van der Waals surface area contributed by atoms with Crippen molar-refractivity contribution in [2.24, 2.45) is 0 Å². The molecule has 1 heterocycles. The highest BCUT2D eigenvalue weighted by Crippen LogP contribution is 2.23. The van der Waals surface area contributed by atoms with E-state index in [1.54, 1.807) is 18.2 Å². The Labute approximate surface area is 98.1 Å². The number of benzene rings is 1. The van der Waals surface area contributed by atoms with Crippen LogP contribution < -0.4 is 9.47 Å². The van der Waals surface area contributed by atoms with Crippen LogP contribution in [-0.2, 0) is 0 Å². The first-order chi connectivity index (χ1) is 8.28. The Balaban J connectivity index is 2.15. The zero-order valence-electron chi connectivity index (χ0n) is 9.26. The van der Waals surface area contributed by atoms with Gasteiger partial charge in [-0.3, -0.25) is 0 Å². The van der Waals surface area contributed by atoms with Crippen molar-refractivity contribution in [2.45, 2.75) is 6.92 Å². The summed E-state index contributed by atoms with van der Waals surface area (Å²) in [6, 6.07) is 8.17. The van der Waals surface area contributed by atoms with Crippen LogP contribution in [0.5, 0.6) is 17.4 Å². The number of nitrogens with zero attached hydrogens (tertiary/aromatic N) is 2. The van der Waals surface area contributed by atoms with E-state index in [9.17, 15) is 4.39 Å². The third-order valence-corrected chi connectivity index (χ3v) is 1.95. The SMILES string of the molecule is CCOc1cccc(Oc2cc(F)ncn2)c1. The van der Waals surface area contributed by atoms with Crippen LogP contribution in [0.25, 0.3) is 0 Å². The summed E-state index contributed by atoms with van der Waals surface area (Å²) in [6.45, 7) is 2.47. The predicted molar refractivity (Wildman–Crippen MR) is 59.7 cm³/mol. The Morgan fingerprint density at radius 1 is 1.18 bits per heavy atom. The second kappa shape index (κ2) is 5.25. The summed E-state index contributed by atoms with van der Waals surface area (Å²) >= 11 is 0. The molecule has 2 rings (SSSR count). The largest absolute Gasteiger partial charge is 0.494 e. The van der Waals surface area contributed by atoms with Crippen LogP contribution in [0.2, 0.25) is 0 Å². The Bertz CT molecular complexity index is 505. The van der Waals surface area contributed by atoms with Crippen molar-refractivity contribution in [3.8, 4) is 17.4 Å². The highest BCUT2D eigenvalue weighted by Gasteiger charge is 2.02. The standard InChI is InChI=1S/C12H11FN2O2/c1-2-16-9-4-3-5-10(6-9)17-12-7-11(13)14-8-15-12/h3-8H,2H2,1H3. The molecule has 0 aliphatic rings. The van der Waals surface area contributed by atoms with Gasteiger partial charge in [-0.15, -0.1) is 0 Å². The van der Waals surface area contributed by atoms with Crippen molar-refractivity contribution in [2.75, 3.05) is 6.61 Å². The van der Waals surface area contributed by atoms with Crippen molar-refractivity contribution in [3.63, 3.8) is 0 Å². The highest BCUT2D eigenvalue weighted by atomic mass is 19.1. The van der Waals surface area contributed by atoms with Gasteiger partial charge in [0, 0.05) is 6.07 Å². The van der Waals surface area contributed by atoms with Gasteiger partial charge in [0.1, 0.15) is 17.8 Å². The van der Waals surface area contributed by atoms with Crippen molar-refractivity contribution in [3.05, 3.63) is 42.6 Å². The minimum absolute atomic E-state index is 0.158. The number of hydrogen-bond donors (Lipinski definition) is 0. The van der Waals surface area contributed by atoms with Crippen LogP contribution in [0.4, 0.5) is 4.39 Å². The fourth-order valence-electron chi connectivity index (χ4n) is 1.29. The second-order valence-electron chi connectivity index (χ2n) is 3.19. The summed E-state index contributed by atoms with van der Waals surface area (Å²) in [4.78, 5) is 7.14. The first-order valence-electron chi connectivity index (χ1n) is 5.16. The molecule has 1 aromatic heterocycles. The summed E-state index contributed by atoms with van der Waals surface area (Å²) < 4.78 is 23.5. The normalized spacial score (nSPS) is 10.0. The predicted octanol–water partition coefficient (Wildman–Crippen LogP) is 2.81. The fraction of sp³-hybridized carbons (Fsp3) is 0.167. The molecule has 4 nitrogen and oxygen atoms in total. The van der Waals surface area contributed by atoms with Crippen molar-refractivity contribution in [1.82, 2.24) is 9.97 Å². The van der Waals surface area contributed by atoms with Gasteiger partial charge in [0.05, 0.1) is 12.7 Å². The van der Waals surface area contributed by atoms with Gasteiger partial charge in [-0.2, -0.15) is 4.39 Å². The third-order valence-electron chi connectivity index (χ3n) is 1.95. The van der Waals surface area contributed by atoms with Crippen molar-refractivity contribution < 1.29 is 13.9 Å². The molecule has 0 unspecified atom stereocenters. The van der Waals surface area contributed by atoms with Gasteiger partial charge < -0.3 is 9.47 Å². The molecule has 17 heavy (non-hydrogen) atoms. The summed E-state index contributed by atoms with van der Waals surface area (Å²) in [5.74, 6) is 0.760. The molecule has 0 aliphatic heterocycles. The van der Waals surface area contributed by atoms with Crippen molar-refractivity contribution >= 4 is 0 Å². The Morgan fingerprint density at radius 2 is 2.00 bits per heavy atom. The van der Waals surface area contributed by atoms with Gasteiger partial charge in [-0.05, 0) is 19.1 Å². The molecule has 0 aliphatic carbocycles. The maximum atomic E-state index is 12.8. The molecule has 2 aromatic rings. The van der Waals surface area contributed by atoms with Gasteiger partial charge in [0.2, 0.25) is 11.8 Å². The minimum Gasteiger partial charge on any atom is -0.494 e. The molecule has 88 valence electrons. The Morgan fingerprint density at radius 3 is 2.76 bits per heavy atom. The van der Waals surface area contributed by atoms with Crippen LogP contribution in [-0.4, -0.2) is 16.6 Å². The third kappa shape index (κ3) is 3.14. The summed E-state index contributed by atoms with van der Waals surface area (Å²) in [5, 5.41) is 0. The molecule has 5 heteroatoms. The molecule has 0 radical (unpaired) electrons. The maximum Gasteiger partial charge on any atom is 0.225 e. The molecule has 0 saturated heterocycles. The molecule has 0 N–H and O–H groups in total. The lowest BCUT2D eigenvalue weighted by Gasteiger charge is -2.06. The van der Waals surface area contributed by atoms with Crippen LogP contribution >= 0.6 is 0 Å². The van der Waals surface area contributed by atoms with E-state index in [1.165, 1.54) is 0 Å². The molecule has 1 aromatic carbocycles. The van der Waals surface area contributed by atoms with Crippen LogP contribution in [0.1, 0.15) is 6.92 Å². The highest BCUT2D eigenvalue weighted by molar-refractivity contribution is 5.34. The van der Waals surface area contributed by atoms with E-state index in [1.807, 2.05) is 13.0 Å². The molecule has 0 atom stereocenters. The van der Waals surface area contributed by atoms with Gasteiger partial charge in [-0.1, -0.05) is 6.07 Å². The number of rotatable bonds is 4. The number of ether oxygens (including phenoxy) is 2. The van der Waals surface area contributed by atoms with Crippen LogP contribution in [0.15, 0.2) is 36.7 Å². The summed E-state index contributed by atoms with van der Waals surface area (Å²) in [7, 11) is 0. The van der Waals surface area contributed by atoms with E-state index in [0.717, 1.165) is 12.4 Å². The number of halogens is 1. The molecule has 0 fully saturated rings. The number of aromatic nitrogens is 2. The Hall–Kier alpha value is -2.17. The lowest BCUT2D eigenvalue weighted by atomic mass is 10.3. The van der Waals surface area contributed by atoms with E-state index in [-0.39, 0.29) is 5.88 Å². The molecule has 0 bridgehead atoms. The van der Waals surface area contributed by atoms with E-state index >= 15 is 0 Å². The smallest absolute Gasteiger partial charge is 0.225 e. The van der Waals surface area contributed by atoms with Crippen molar-refractivity contribution in [1.29, 1.82) is 0 Å².